The minimum atomic E-state index is 0.0998. The number of benzene rings is 5. The molecule has 6 rings (SSSR count). The molecule has 0 fully saturated rings. The predicted octanol–water partition coefficient (Wildman–Crippen LogP) is 8.97. The van der Waals surface area contributed by atoms with E-state index in [1.807, 2.05) is 87.5 Å². The van der Waals surface area contributed by atoms with Gasteiger partial charge in [-0.25, -0.2) is 0 Å². The molecule has 0 saturated carbocycles. The molecule has 0 heterocycles. The van der Waals surface area contributed by atoms with Crippen LogP contribution in [0.2, 0.25) is 0 Å². The molecule has 5 N–H and O–H groups in total. The Morgan fingerprint density at radius 2 is 0.882 bits per heavy atom. The molecule has 51 heavy (non-hydrogen) atoms. The Morgan fingerprint density at radius 1 is 0.510 bits per heavy atom. The number of carbonyl (C=O) groups is 1. The molecule has 5 aromatic carbocycles. The fourth-order valence-electron chi connectivity index (χ4n) is 7.09. The maximum Gasteiger partial charge on any atom is 0.159 e. The van der Waals surface area contributed by atoms with Gasteiger partial charge in [0.25, 0.3) is 0 Å². The molecule has 1 aliphatic carbocycles. The summed E-state index contributed by atoms with van der Waals surface area (Å²) in [6.07, 6.45) is 4.95. The lowest BCUT2D eigenvalue weighted by molar-refractivity contribution is -0.116. The summed E-state index contributed by atoms with van der Waals surface area (Å²) in [6, 6.07) is 24.3. The number of hydrogen-bond donors (Lipinski definition) is 5. The van der Waals surface area contributed by atoms with Gasteiger partial charge in [0.05, 0.1) is 0 Å². The summed E-state index contributed by atoms with van der Waals surface area (Å²) in [4.78, 5) is 13.0. The standard InChI is InChI=1S/C45H46O6/c1-26-5-9-32(40(46)13-26)22-36-18-30(19-37(44(36)50)23-33-10-6-27(2)14-41(33)47)17-31-20-38(24-34-11-7-28(3)15-42(34)48)45(51)39(21-31)25-35-12-8-29(4)16-43(35)49/h5-7,9-15,18-21,29,46-48,50-51H,8,16-17,22-25H2,1-4H3. The van der Waals surface area contributed by atoms with Gasteiger partial charge in [0, 0.05) is 32.1 Å². The van der Waals surface area contributed by atoms with Crippen LogP contribution in [0.25, 0.3) is 0 Å². The number of aryl methyl sites for hydroxylation is 3. The fourth-order valence-corrected chi connectivity index (χ4v) is 7.09. The average molecular weight is 683 g/mol. The second-order valence-corrected chi connectivity index (χ2v) is 14.5. The lowest BCUT2D eigenvalue weighted by Gasteiger charge is -2.20. The Kier molecular flexibility index (Phi) is 10.2. The summed E-state index contributed by atoms with van der Waals surface area (Å²) in [6.45, 7) is 7.80. The first kappa shape index (κ1) is 35.3. The third-order valence-electron chi connectivity index (χ3n) is 9.97. The van der Waals surface area contributed by atoms with Gasteiger partial charge in [-0.15, -0.1) is 0 Å². The summed E-state index contributed by atoms with van der Waals surface area (Å²) in [5.41, 5.74) is 9.94. The van der Waals surface area contributed by atoms with Crippen LogP contribution in [0, 0.1) is 26.7 Å². The van der Waals surface area contributed by atoms with Crippen LogP contribution in [0.4, 0.5) is 0 Å². The zero-order valence-electron chi connectivity index (χ0n) is 29.8. The number of phenolic OH excluding ortho intramolecular Hbond substituents is 5. The largest absolute Gasteiger partial charge is 0.508 e. The van der Waals surface area contributed by atoms with Crippen molar-refractivity contribution in [2.75, 3.05) is 0 Å². The number of hydrogen-bond acceptors (Lipinski definition) is 6. The number of phenols is 5. The Balaban J connectivity index is 1.43. The highest BCUT2D eigenvalue weighted by atomic mass is 16.3. The van der Waals surface area contributed by atoms with E-state index < -0.39 is 0 Å². The monoisotopic (exact) mass is 682 g/mol. The normalized spacial score (nSPS) is 14.5. The number of carbonyl (C=O) groups excluding carboxylic acids is 1. The Hall–Kier alpha value is -5.49. The second kappa shape index (κ2) is 14.8. The fraction of sp³-hybridized carbons (Fsp3) is 0.267. The lowest BCUT2D eigenvalue weighted by atomic mass is 9.85. The highest BCUT2D eigenvalue weighted by molar-refractivity contribution is 5.96. The molecule has 0 aromatic heterocycles. The van der Waals surface area contributed by atoms with Crippen LogP contribution in [-0.4, -0.2) is 31.3 Å². The molecule has 0 radical (unpaired) electrons. The van der Waals surface area contributed by atoms with Gasteiger partial charge in [-0.3, -0.25) is 4.79 Å². The van der Waals surface area contributed by atoms with Crippen LogP contribution in [0.1, 0.15) is 86.5 Å². The minimum absolute atomic E-state index is 0.0998. The quantitative estimate of drug-likeness (QED) is 0.100. The molecule has 0 saturated heterocycles. The van der Waals surface area contributed by atoms with Crippen molar-refractivity contribution in [2.45, 2.75) is 72.6 Å². The highest BCUT2D eigenvalue weighted by Crippen LogP contribution is 2.36. The number of aromatic hydroxyl groups is 5. The predicted molar refractivity (Wildman–Crippen MR) is 201 cm³/mol. The lowest BCUT2D eigenvalue weighted by Crippen LogP contribution is -2.15. The summed E-state index contributed by atoms with van der Waals surface area (Å²) in [7, 11) is 0. The molecule has 1 aliphatic rings. The van der Waals surface area contributed by atoms with Crippen LogP contribution in [0.5, 0.6) is 28.7 Å². The Morgan fingerprint density at radius 3 is 1.24 bits per heavy atom. The third-order valence-corrected chi connectivity index (χ3v) is 9.97. The Labute approximate surface area is 300 Å². The van der Waals surface area contributed by atoms with Crippen molar-refractivity contribution < 1.29 is 30.3 Å². The second-order valence-electron chi connectivity index (χ2n) is 14.5. The maximum absolute atomic E-state index is 13.0. The van der Waals surface area contributed by atoms with Crippen molar-refractivity contribution in [2.24, 2.45) is 5.92 Å². The molecule has 0 spiro atoms. The van der Waals surface area contributed by atoms with Crippen LogP contribution in [0.3, 0.4) is 0 Å². The van der Waals surface area contributed by atoms with E-state index in [2.05, 4.69) is 6.92 Å². The van der Waals surface area contributed by atoms with Gasteiger partial charge in [0.1, 0.15) is 28.7 Å². The smallest absolute Gasteiger partial charge is 0.159 e. The highest BCUT2D eigenvalue weighted by Gasteiger charge is 2.22. The molecule has 1 atom stereocenters. The topological polar surface area (TPSA) is 118 Å². The first-order valence-electron chi connectivity index (χ1n) is 17.6. The van der Waals surface area contributed by atoms with Gasteiger partial charge in [0.2, 0.25) is 0 Å². The van der Waals surface area contributed by atoms with Crippen molar-refractivity contribution >= 4 is 5.78 Å². The zero-order chi connectivity index (χ0) is 36.4. The van der Waals surface area contributed by atoms with E-state index in [1.54, 1.807) is 18.2 Å². The van der Waals surface area contributed by atoms with E-state index in [9.17, 15) is 30.3 Å². The van der Waals surface area contributed by atoms with Gasteiger partial charge < -0.3 is 25.5 Å². The van der Waals surface area contributed by atoms with Gasteiger partial charge in [-0.1, -0.05) is 73.7 Å². The van der Waals surface area contributed by atoms with E-state index in [0.29, 0.717) is 89.0 Å². The van der Waals surface area contributed by atoms with Crippen LogP contribution in [-0.2, 0) is 36.9 Å². The third kappa shape index (κ3) is 8.29. The molecular formula is C45H46O6. The molecular weight excluding hydrogens is 636 g/mol. The molecule has 262 valence electrons. The van der Waals surface area contributed by atoms with Gasteiger partial charge in [-0.2, -0.15) is 0 Å². The van der Waals surface area contributed by atoms with Crippen LogP contribution < -0.4 is 0 Å². The summed E-state index contributed by atoms with van der Waals surface area (Å²) >= 11 is 0. The number of Topliss-reactive ketones (excluding diaryl/α,β-unsaturated/α-hetero) is 1. The molecule has 0 aliphatic heterocycles. The molecule has 1 unspecified atom stereocenters. The van der Waals surface area contributed by atoms with Crippen molar-refractivity contribution in [3.05, 3.63) is 157 Å². The first-order valence-corrected chi connectivity index (χ1v) is 17.6. The molecule has 6 heteroatoms. The van der Waals surface area contributed by atoms with E-state index in [1.165, 1.54) is 0 Å². The first-order chi connectivity index (χ1) is 24.3. The number of allylic oxidation sites excluding steroid dienone is 2. The van der Waals surface area contributed by atoms with Gasteiger partial charge in [-0.05, 0) is 130 Å². The molecule has 0 bridgehead atoms. The van der Waals surface area contributed by atoms with Crippen molar-refractivity contribution in [1.82, 2.24) is 0 Å². The van der Waals surface area contributed by atoms with Crippen molar-refractivity contribution in [1.29, 1.82) is 0 Å². The molecule has 5 aromatic rings. The molecule has 0 amide bonds. The van der Waals surface area contributed by atoms with E-state index >= 15 is 0 Å². The van der Waals surface area contributed by atoms with Gasteiger partial charge >= 0.3 is 0 Å². The average Bonchev–Trinajstić information content (AvgIpc) is 3.06. The summed E-state index contributed by atoms with van der Waals surface area (Å²) in [5.74, 6) is 1.09. The maximum atomic E-state index is 13.0. The SMILES string of the molecule is Cc1ccc(Cc2cc(Cc3cc(Cc4ccc(C)cc4O)c(O)c(Cc4ccc(C)cc4O)c3)cc(CC3=CCC(C)CC3=O)c2O)c(O)c1. The number of rotatable bonds is 10. The van der Waals surface area contributed by atoms with Gasteiger partial charge in [0.15, 0.2) is 5.78 Å². The van der Waals surface area contributed by atoms with E-state index in [0.717, 1.165) is 34.2 Å². The van der Waals surface area contributed by atoms with Crippen molar-refractivity contribution in [3.8, 4) is 28.7 Å². The Bertz CT molecular complexity index is 2080. The summed E-state index contributed by atoms with van der Waals surface area (Å²) in [5, 5.41) is 55.4. The summed E-state index contributed by atoms with van der Waals surface area (Å²) < 4.78 is 0. The van der Waals surface area contributed by atoms with E-state index in [-0.39, 0.29) is 34.5 Å². The number of ketones is 1. The van der Waals surface area contributed by atoms with Crippen LogP contribution in [0.15, 0.2) is 90.5 Å². The van der Waals surface area contributed by atoms with Crippen molar-refractivity contribution in [3.63, 3.8) is 0 Å². The minimum Gasteiger partial charge on any atom is -0.508 e. The van der Waals surface area contributed by atoms with E-state index in [4.69, 9.17) is 0 Å². The zero-order valence-corrected chi connectivity index (χ0v) is 29.8. The van der Waals surface area contributed by atoms with Crippen LogP contribution >= 0.6 is 0 Å². The molecule has 6 nitrogen and oxygen atoms in total.